The maximum atomic E-state index is 12.4. The van der Waals surface area contributed by atoms with Gasteiger partial charge in [-0.05, 0) is 37.2 Å². The molecule has 0 radical (unpaired) electrons. The summed E-state index contributed by atoms with van der Waals surface area (Å²) in [5, 5.41) is 4.35. The fourth-order valence-electron chi connectivity index (χ4n) is 5.95. The Morgan fingerprint density at radius 1 is 1.17 bits per heavy atom. The number of likely N-dealkylation sites (tertiary alicyclic amines) is 2. The van der Waals surface area contributed by atoms with Crippen molar-refractivity contribution in [3.8, 4) is 0 Å². The number of amides is 2. The molecule has 0 N–H and O–H groups in total. The van der Waals surface area contributed by atoms with Crippen molar-refractivity contribution in [1.29, 1.82) is 0 Å². The number of ether oxygens (including phenoxy) is 1. The quantitative estimate of drug-likeness (QED) is 0.621. The third-order valence-electron chi connectivity index (χ3n) is 8.26. The van der Waals surface area contributed by atoms with E-state index in [0.717, 1.165) is 39.0 Å². The van der Waals surface area contributed by atoms with E-state index in [1.807, 2.05) is 22.1 Å². The van der Waals surface area contributed by atoms with Crippen LogP contribution in [0.1, 0.15) is 73.8 Å². The molecule has 4 heterocycles. The van der Waals surface area contributed by atoms with Crippen LogP contribution >= 0.6 is 11.3 Å². The van der Waals surface area contributed by atoms with Crippen LogP contribution in [0.3, 0.4) is 0 Å². The smallest absolute Gasteiger partial charge is 0.265 e. The molecular formula is C26H37N5O3S. The van der Waals surface area contributed by atoms with Crippen molar-refractivity contribution >= 4 is 23.2 Å². The molecule has 9 heteroatoms. The second-order valence-electron chi connectivity index (χ2n) is 11.4. The van der Waals surface area contributed by atoms with Gasteiger partial charge in [-0.3, -0.25) is 19.3 Å². The Bertz CT molecular complexity index is 1040. The topological polar surface area (TPSA) is 80.6 Å². The molecule has 2 saturated heterocycles. The Morgan fingerprint density at radius 3 is 2.51 bits per heavy atom. The van der Waals surface area contributed by atoms with Crippen molar-refractivity contribution < 1.29 is 14.3 Å². The molecule has 2 amide bonds. The van der Waals surface area contributed by atoms with E-state index in [0.29, 0.717) is 23.4 Å². The van der Waals surface area contributed by atoms with Gasteiger partial charge in [0.2, 0.25) is 5.91 Å². The molecule has 2 aliphatic heterocycles. The number of carbonyl (C=O) groups is 2. The minimum atomic E-state index is 0.0903. The maximum absolute atomic E-state index is 12.4. The predicted molar refractivity (Wildman–Crippen MR) is 134 cm³/mol. The number of methoxy groups -OCH3 is 1. The lowest BCUT2D eigenvalue weighted by Gasteiger charge is -2.48. The van der Waals surface area contributed by atoms with Gasteiger partial charge in [0.25, 0.3) is 5.91 Å². The van der Waals surface area contributed by atoms with Gasteiger partial charge in [0, 0.05) is 50.8 Å². The zero-order valence-electron chi connectivity index (χ0n) is 21.1. The van der Waals surface area contributed by atoms with Crippen LogP contribution in [-0.2, 0) is 16.1 Å². The second-order valence-corrected chi connectivity index (χ2v) is 12.3. The highest BCUT2D eigenvalue weighted by Gasteiger charge is 2.57. The normalized spacial score (nSPS) is 24.3. The third kappa shape index (κ3) is 5.03. The Labute approximate surface area is 211 Å². The summed E-state index contributed by atoms with van der Waals surface area (Å²) in [7, 11) is 1.73. The fourth-order valence-corrected chi connectivity index (χ4v) is 6.54. The summed E-state index contributed by atoms with van der Waals surface area (Å²) in [6, 6.07) is 2.67. The molecule has 6 rings (SSSR count). The van der Waals surface area contributed by atoms with Gasteiger partial charge < -0.3 is 14.5 Å². The highest BCUT2D eigenvalue weighted by Crippen LogP contribution is 2.54. The summed E-state index contributed by atoms with van der Waals surface area (Å²) in [6.07, 6.45) is 10.8. The van der Waals surface area contributed by atoms with Crippen LogP contribution in [-0.4, -0.2) is 69.7 Å². The van der Waals surface area contributed by atoms with Crippen LogP contribution in [0.4, 0.5) is 0 Å². The molecule has 4 aliphatic rings. The molecule has 0 bridgehead atoms. The van der Waals surface area contributed by atoms with E-state index in [4.69, 9.17) is 4.74 Å². The van der Waals surface area contributed by atoms with Gasteiger partial charge in [0.15, 0.2) is 0 Å². The first-order valence-electron chi connectivity index (χ1n) is 12.8. The number of hydrogen-bond acceptors (Lipinski definition) is 6. The SMILES string of the molecule is CC1(C)CC1C(=O)N1CC2(CCN(C(=O)c3cncs3)C2)C1.COCc1ccnn1C1CCCC1. The predicted octanol–water partition coefficient (Wildman–Crippen LogP) is 4.01. The van der Waals surface area contributed by atoms with Gasteiger partial charge in [-0.2, -0.15) is 5.10 Å². The largest absolute Gasteiger partial charge is 0.378 e. The number of carbonyl (C=O) groups excluding carboxylic acids is 2. The summed E-state index contributed by atoms with van der Waals surface area (Å²) in [6.45, 7) is 8.23. The number of thiazole rings is 1. The average molecular weight is 500 g/mol. The highest BCUT2D eigenvalue weighted by atomic mass is 32.1. The minimum Gasteiger partial charge on any atom is -0.378 e. The Balaban J connectivity index is 0.000000166. The van der Waals surface area contributed by atoms with E-state index in [-0.39, 0.29) is 22.7 Å². The van der Waals surface area contributed by atoms with E-state index < -0.39 is 0 Å². The molecule has 2 saturated carbocycles. The van der Waals surface area contributed by atoms with Gasteiger partial charge >= 0.3 is 0 Å². The first-order chi connectivity index (χ1) is 16.8. The van der Waals surface area contributed by atoms with E-state index in [1.165, 1.54) is 42.7 Å². The lowest BCUT2D eigenvalue weighted by atomic mass is 9.78. The molecule has 190 valence electrons. The van der Waals surface area contributed by atoms with Crippen LogP contribution in [0.25, 0.3) is 0 Å². The summed E-state index contributed by atoms with van der Waals surface area (Å²) in [5.41, 5.74) is 3.24. The Hall–Kier alpha value is -2.26. The molecule has 8 nitrogen and oxygen atoms in total. The molecule has 1 atom stereocenters. The van der Waals surface area contributed by atoms with Crippen LogP contribution < -0.4 is 0 Å². The Kier molecular flexibility index (Phi) is 6.74. The van der Waals surface area contributed by atoms with Gasteiger partial charge in [-0.25, -0.2) is 0 Å². The van der Waals surface area contributed by atoms with Crippen LogP contribution in [0.15, 0.2) is 24.0 Å². The number of nitrogens with zero attached hydrogens (tertiary/aromatic N) is 5. The maximum Gasteiger partial charge on any atom is 0.265 e. The molecule has 2 aromatic heterocycles. The van der Waals surface area contributed by atoms with Crippen molar-refractivity contribution in [3.05, 3.63) is 34.5 Å². The third-order valence-corrected chi connectivity index (χ3v) is 9.02. The first kappa shape index (κ1) is 24.4. The molecule has 4 fully saturated rings. The number of hydrogen-bond donors (Lipinski definition) is 0. The lowest BCUT2D eigenvalue weighted by molar-refractivity contribution is -0.144. The van der Waals surface area contributed by atoms with Crippen LogP contribution in [0.2, 0.25) is 0 Å². The fraction of sp³-hybridized carbons (Fsp3) is 0.692. The second kappa shape index (κ2) is 9.65. The standard InChI is InChI=1S/C16H21N3O2S.C10H16N2O/c1-15(2)5-11(15)13(20)19-8-16(9-19)3-4-18(7-16)14(21)12-6-17-10-22-12;1-13-8-10-6-7-11-12(10)9-4-2-3-5-9/h6,10-11H,3-5,7-9H2,1-2H3;6-7,9H,2-5,8H2,1H3. The van der Waals surface area contributed by atoms with Gasteiger partial charge in [-0.15, -0.1) is 11.3 Å². The van der Waals surface area contributed by atoms with Crippen molar-refractivity contribution in [2.24, 2.45) is 16.7 Å². The molecule has 1 spiro atoms. The average Bonchev–Trinajstić information content (AvgIpc) is 3.48. The summed E-state index contributed by atoms with van der Waals surface area (Å²) in [5.74, 6) is 0.636. The van der Waals surface area contributed by atoms with E-state index in [9.17, 15) is 9.59 Å². The zero-order valence-corrected chi connectivity index (χ0v) is 21.9. The highest BCUT2D eigenvalue weighted by molar-refractivity contribution is 7.11. The van der Waals surface area contributed by atoms with Gasteiger partial charge in [0.1, 0.15) is 4.88 Å². The molecule has 35 heavy (non-hydrogen) atoms. The van der Waals surface area contributed by atoms with Crippen LogP contribution in [0, 0.1) is 16.7 Å². The number of rotatable bonds is 5. The monoisotopic (exact) mass is 499 g/mol. The Morgan fingerprint density at radius 2 is 1.89 bits per heavy atom. The van der Waals surface area contributed by atoms with Gasteiger partial charge in [-0.1, -0.05) is 26.7 Å². The summed E-state index contributed by atoms with van der Waals surface area (Å²) >= 11 is 1.39. The zero-order chi connectivity index (χ0) is 24.6. The minimum absolute atomic E-state index is 0.0903. The van der Waals surface area contributed by atoms with E-state index >= 15 is 0 Å². The van der Waals surface area contributed by atoms with Crippen molar-refractivity contribution in [3.63, 3.8) is 0 Å². The lowest BCUT2D eigenvalue weighted by Crippen LogP contribution is -2.60. The molecule has 1 unspecified atom stereocenters. The van der Waals surface area contributed by atoms with Gasteiger partial charge in [0.05, 0.1) is 30.1 Å². The molecule has 2 aromatic rings. The summed E-state index contributed by atoms with van der Waals surface area (Å²) in [4.78, 5) is 33.4. The molecule has 2 aliphatic carbocycles. The molecule has 0 aromatic carbocycles. The molecular weight excluding hydrogens is 462 g/mol. The van der Waals surface area contributed by atoms with Crippen molar-refractivity contribution in [1.82, 2.24) is 24.6 Å². The summed E-state index contributed by atoms with van der Waals surface area (Å²) < 4.78 is 7.26. The van der Waals surface area contributed by atoms with E-state index in [1.54, 1.807) is 18.8 Å². The van der Waals surface area contributed by atoms with Crippen LogP contribution in [0.5, 0.6) is 0 Å². The van der Waals surface area contributed by atoms with Crippen molar-refractivity contribution in [2.75, 3.05) is 33.3 Å². The van der Waals surface area contributed by atoms with Crippen molar-refractivity contribution in [2.45, 2.75) is 65.0 Å². The first-order valence-corrected chi connectivity index (χ1v) is 13.7. The number of aromatic nitrogens is 3. The van der Waals surface area contributed by atoms with E-state index in [2.05, 4.69) is 28.6 Å².